The van der Waals surface area contributed by atoms with Crippen molar-refractivity contribution in [3.8, 4) is 0 Å². The third kappa shape index (κ3) is 6.92. The third-order valence-electron chi connectivity index (χ3n) is 4.75. The van der Waals surface area contributed by atoms with Crippen molar-refractivity contribution in [2.24, 2.45) is 10.9 Å². The second-order valence-corrected chi connectivity index (χ2v) is 7.39. The van der Waals surface area contributed by atoms with Crippen LogP contribution in [-0.2, 0) is 6.54 Å². The summed E-state index contributed by atoms with van der Waals surface area (Å²) < 4.78 is 13.1. The van der Waals surface area contributed by atoms with Gasteiger partial charge in [-0.2, -0.15) is 0 Å². The fourth-order valence-electron chi connectivity index (χ4n) is 3.18. The summed E-state index contributed by atoms with van der Waals surface area (Å²) in [4.78, 5) is 11.8. The van der Waals surface area contributed by atoms with Crippen molar-refractivity contribution >= 4 is 5.96 Å². The lowest BCUT2D eigenvalue weighted by Gasteiger charge is -2.33. The van der Waals surface area contributed by atoms with E-state index in [-0.39, 0.29) is 5.82 Å². The minimum absolute atomic E-state index is 0.199. The molecule has 5 nitrogen and oxygen atoms in total. The molecule has 26 heavy (non-hydrogen) atoms. The van der Waals surface area contributed by atoms with Crippen molar-refractivity contribution in [2.45, 2.75) is 20.4 Å². The smallest absolute Gasteiger partial charge is 0.193 e. The lowest BCUT2D eigenvalue weighted by Crippen LogP contribution is -2.46. The van der Waals surface area contributed by atoms with Crippen molar-refractivity contribution in [3.63, 3.8) is 0 Å². The van der Waals surface area contributed by atoms with Crippen LogP contribution in [0.15, 0.2) is 29.3 Å². The van der Waals surface area contributed by atoms with Crippen LogP contribution in [-0.4, -0.2) is 80.6 Å². The maximum atomic E-state index is 13.1. The van der Waals surface area contributed by atoms with Gasteiger partial charge in [0.1, 0.15) is 5.82 Å². The summed E-state index contributed by atoms with van der Waals surface area (Å²) in [7, 11) is 4.21. The van der Waals surface area contributed by atoms with E-state index in [0.29, 0.717) is 12.5 Å². The van der Waals surface area contributed by atoms with Crippen molar-refractivity contribution in [1.82, 2.24) is 20.0 Å². The third-order valence-corrected chi connectivity index (χ3v) is 4.75. The van der Waals surface area contributed by atoms with E-state index in [1.807, 2.05) is 19.2 Å². The SMILES string of the molecule is CCNC(=NCC(C)CN1CCN(C)CC1)N(C)Cc1ccc(F)cc1. The van der Waals surface area contributed by atoms with Crippen LogP contribution in [0.1, 0.15) is 19.4 Å². The molecule has 6 heteroatoms. The maximum absolute atomic E-state index is 13.1. The van der Waals surface area contributed by atoms with Gasteiger partial charge in [0.05, 0.1) is 0 Å². The van der Waals surface area contributed by atoms with Crippen molar-refractivity contribution in [3.05, 3.63) is 35.6 Å². The van der Waals surface area contributed by atoms with Crippen LogP contribution < -0.4 is 5.32 Å². The van der Waals surface area contributed by atoms with Crippen LogP contribution in [0.4, 0.5) is 4.39 Å². The average Bonchev–Trinajstić information content (AvgIpc) is 2.62. The van der Waals surface area contributed by atoms with Crippen molar-refractivity contribution in [1.29, 1.82) is 0 Å². The summed E-state index contributed by atoms with van der Waals surface area (Å²) >= 11 is 0. The zero-order valence-corrected chi connectivity index (χ0v) is 16.7. The van der Waals surface area contributed by atoms with Gasteiger partial charge in [-0.1, -0.05) is 19.1 Å². The quantitative estimate of drug-likeness (QED) is 0.594. The van der Waals surface area contributed by atoms with Crippen molar-refractivity contribution in [2.75, 3.05) is 59.9 Å². The molecule has 1 fully saturated rings. The molecule has 1 heterocycles. The van der Waals surface area contributed by atoms with E-state index in [2.05, 4.69) is 40.9 Å². The Balaban J connectivity index is 1.86. The average molecular weight is 364 g/mol. The molecule has 0 radical (unpaired) electrons. The fourth-order valence-corrected chi connectivity index (χ4v) is 3.18. The summed E-state index contributed by atoms with van der Waals surface area (Å²) in [6.45, 7) is 12.4. The molecule has 2 rings (SSSR count). The van der Waals surface area contributed by atoms with Crippen molar-refractivity contribution < 1.29 is 4.39 Å². The fraction of sp³-hybridized carbons (Fsp3) is 0.650. The molecule has 1 unspecified atom stereocenters. The molecular weight excluding hydrogens is 329 g/mol. The molecule has 146 valence electrons. The van der Waals surface area contributed by atoms with E-state index >= 15 is 0 Å². The highest BCUT2D eigenvalue weighted by Crippen LogP contribution is 2.08. The minimum Gasteiger partial charge on any atom is -0.357 e. The highest BCUT2D eigenvalue weighted by Gasteiger charge is 2.16. The first kappa shape index (κ1) is 20.6. The van der Waals surface area contributed by atoms with Gasteiger partial charge < -0.3 is 20.0 Å². The molecule has 1 aromatic rings. The predicted octanol–water partition coefficient (Wildman–Crippen LogP) is 2.11. The van der Waals surface area contributed by atoms with E-state index in [9.17, 15) is 4.39 Å². The number of piperazine rings is 1. The first-order valence-electron chi connectivity index (χ1n) is 9.62. The summed E-state index contributed by atoms with van der Waals surface area (Å²) in [6.07, 6.45) is 0. The Labute approximate surface area is 157 Å². The second kappa shape index (κ2) is 10.5. The maximum Gasteiger partial charge on any atom is 0.193 e. The molecule has 1 saturated heterocycles. The van der Waals surface area contributed by atoms with Gasteiger partial charge in [0.25, 0.3) is 0 Å². The number of aliphatic imine (C=N–C) groups is 1. The van der Waals surface area contributed by atoms with Gasteiger partial charge in [0, 0.05) is 59.4 Å². The number of hydrogen-bond acceptors (Lipinski definition) is 3. The van der Waals surface area contributed by atoms with Gasteiger partial charge in [-0.05, 0) is 37.6 Å². The normalized spacial score (nSPS) is 18.0. The summed E-state index contributed by atoms with van der Waals surface area (Å²) in [5.41, 5.74) is 1.07. The number of nitrogens with one attached hydrogen (secondary N) is 1. The van der Waals surface area contributed by atoms with Crippen LogP contribution in [0.25, 0.3) is 0 Å². The summed E-state index contributed by atoms with van der Waals surface area (Å²) in [5.74, 6) is 1.23. The van der Waals surface area contributed by atoms with E-state index in [0.717, 1.165) is 57.3 Å². The Morgan fingerprint density at radius 2 is 1.88 bits per heavy atom. The second-order valence-electron chi connectivity index (χ2n) is 7.39. The summed E-state index contributed by atoms with van der Waals surface area (Å²) in [6, 6.07) is 6.66. The van der Waals surface area contributed by atoms with Crippen LogP contribution in [0.5, 0.6) is 0 Å². The van der Waals surface area contributed by atoms with Gasteiger partial charge >= 0.3 is 0 Å². The molecular formula is C20H34FN5. The Kier molecular flexibility index (Phi) is 8.32. The van der Waals surface area contributed by atoms with Crippen LogP contribution in [0, 0.1) is 11.7 Å². The topological polar surface area (TPSA) is 34.1 Å². The van der Waals surface area contributed by atoms with E-state index in [4.69, 9.17) is 4.99 Å². The molecule has 1 aliphatic heterocycles. The van der Waals surface area contributed by atoms with Gasteiger partial charge in [0.2, 0.25) is 0 Å². The van der Waals surface area contributed by atoms with E-state index in [1.54, 1.807) is 0 Å². The Morgan fingerprint density at radius 3 is 2.50 bits per heavy atom. The zero-order valence-electron chi connectivity index (χ0n) is 16.7. The van der Waals surface area contributed by atoms with Crippen LogP contribution >= 0.6 is 0 Å². The number of likely N-dealkylation sites (N-methyl/N-ethyl adjacent to an activating group) is 1. The Morgan fingerprint density at radius 1 is 1.23 bits per heavy atom. The zero-order chi connectivity index (χ0) is 18.9. The molecule has 1 aromatic carbocycles. The first-order valence-corrected chi connectivity index (χ1v) is 9.62. The van der Waals surface area contributed by atoms with Crippen LogP contribution in [0.2, 0.25) is 0 Å². The Bertz CT molecular complexity index is 552. The van der Waals surface area contributed by atoms with E-state index < -0.39 is 0 Å². The lowest BCUT2D eigenvalue weighted by molar-refractivity contribution is 0.140. The molecule has 0 spiro atoms. The molecule has 0 bridgehead atoms. The largest absolute Gasteiger partial charge is 0.357 e. The van der Waals surface area contributed by atoms with E-state index in [1.165, 1.54) is 12.1 Å². The molecule has 0 saturated carbocycles. The highest BCUT2D eigenvalue weighted by atomic mass is 19.1. The molecule has 1 aliphatic rings. The molecule has 1 atom stereocenters. The standard InChI is InChI=1S/C20H34FN5/c1-5-22-20(25(4)16-18-6-8-19(21)9-7-18)23-14-17(2)15-26-12-10-24(3)11-13-26/h6-9,17H,5,10-16H2,1-4H3,(H,22,23). The molecule has 0 aromatic heterocycles. The minimum atomic E-state index is -0.199. The number of benzene rings is 1. The first-order chi connectivity index (χ1) is 12.5. The van der Waals surface area contributed by atoms with Crippen LogP contribution in [0.3, 0.4) is 0 Å². The van der Waals surface area contributed by atoms with Gasteiger partial charge in [0.15, 0.2) is 5.96 Å². The number of hydrogen-bond donors (Lipinski definition) is 1. The monoisotopic (exact) mass is 363 g/mol. The van der Waals surface area contributed by atoms with Gasteiger partial charge in [-0.15, -0.1) is 0 Å². The Hall–Kier alpha value is -1.66. The molecule has 0 amide bonds. The number of guanidine groups is 1. The highest BCUT2D eigenvalue weighted by molar-refractivity contribution is 5.79. The molecule has 1 N–H and O–H groups in total. The van der Waals surface area contributed by atoms with Gasteiger partial charge in [-0.3, -0.25) is 4.99 Å². The molecule has 0 aliphatic carbocycles. The lowest BCUT2D eigenvalue weighted by atomic mass is 10.1. The summed E-state index contributed by atoms with van der Waals surface area (Å²) in [5, 5.41) is 3.36. The number of halogens is 1. The predicted molar refractivity (Wildman–Crippen MR) is 107 cm³/mol. The van der Waals surface area contributed by atoms with Gasteiger partial charge in [-0.25, -0.2) is 4.39 Å². The number of rotatable bonds is 7. The number of nitrogens with zero attached hydrogens (tertiary/aromatic N) is 4.